The van der Waals surface area contributed by atoms with Gasteiger partial charge in [-0.05, 0) is 37.0 Å². The monoisotopic (exact) mass is 303 g/mol. The number of benzene rings is 1. The highest BCUT2D eigenvalue weighted by Gasteiger charge is 2.14. The Balaban J connectivity index is 1.89. The zero-order chi connectivity index (χ0) is 15.2. The summed E-state index contributed by atoms with van der Waals surface area (Å²) in [7, 11) is 0. The number of rotatable bonds is 5. The maximum Gasteiger partial charge on any atom is 0.241 e. The lowest BCUT2D eigenvalue weighted by atomic mass is 10.1. The van der Waals surface area contributed by atoms with Crippen molar-refractivity contribution in [3.05, 3.63) is 58.9 Å². The van der Waals surface area contributed by atoms with Gasteiger partial charge >= 0.3 is 0 Å². The fraction of sp³-hybridized carbons (Fsp3) is 0.250. The third-order valence-electron chi connectivity index (χ3n) is 3.21. The van der Waals surface area contributed by atoms with Crippen LogP contribution in [-0.4, -0.2) is 16.9 Å². The fourth-order valence-electron chi connectivity index (χ4n) is 1.96. The minimum absolute atomic E-state index is 0.213. The number of hydrogen-bond acceptors (Lipinski definition) is 3. The molecule has 4 nitrogen and oxygen atoms in total. The number of aromatic nitrogens is 1. The number of carbonyl (C=O) groups is 1. The number of nitrogens with zero attached hydrogens (tertiary/aromatic N) is 1. The zero-order valence-corrected chi connectivity index (χ0v) is 12.6. The van der Waals surface area contributed by atoms with Crippen LogP contribution in [0.25, 0.3) is 0 Å². The molecule has 21 heavy (non-hydrogen) atoms. The van der Waals surface area contributed by atoms with Gasteiger partial charge in [-0.15, -0.1) is 0 Å². The van der Waals surface area contributed by atoms with Crippen molar-refractivity contribution in [1.82, 2.24) is 4.98 Å². The summed E-state index contributed by atoms with van der Waals surface area (Å²) in [6.07, 6.45) is 2.89. The minimum atomic E-state index is -0.554. The first-order valence-corrected chi connectivity index (χ1v) is 7.16. The Morgan fingerprint density at radius 3 is 2.76 bits per heavy atom. The first-order chi connectivity index (χ1) is 10.1. The Kier molecular flexibility index (Phi) is 5.31. The Morgan fingerprint density at radius 2 is 2.10 bits per heavy atom. The summed E-state index contributed by atoms with van der Waals surface area (Å²) in [4.78, 5) is 16.0. The number of hydrogen-bond donors (Lipinski definition) is 2. The topological polar surface area (TPSA) is 68.0 Å². The van der Waals surface area contributed by atoms with E-state index in [9.17, 15) is 4.79 Å². The molecule has 1 unspecified atom stereocenters. The molecular formula is C16H18ClN3O. The summed E-state index contributed by atoms with van der Waals surface area (Å²) < 4.78 is 0. The Hall–Kier alpha value is -1.91. The van der Waals surface area contributed by atoms with E-state index in [2.05, 4.69) is 10.3 Å². The lowest BCUT2D eigenvalue weighted by Gasteiger charge is -2.12. The Labute approximate surface area is 129 Å². The van der Waals surface area contributed by atoms with E-state index in [0.29, 0.717) is 17.3 Å². The number of nitrogens with two attached hydrogens (primary N) is 1. The molecule has 0 aliphatic heterocycles. The molecule has 1 atom stereocenters. The number of aryl methyl sites for hydroxylation is 2. The third-order valence-corrected chi connectivity index (χ3v) is 3.60. The van der Waals surface area contributed by atoms with Crippen LogP contribution in [0.5, 0.6) is 0 Å². The van der Waals surface area contributed by atoms with Crippen molar-refractivity contribution in [3.8, 4) is 0 Å². The van der Waals surface area contributed by atoms with Gasteiger partial charge in [-0.1, -0.05) is 41.9 Å². The van der Waals surface area contributed by atoms with Crippen molar-refractivity contribution in [1.29, 1.82) is 0 Å². The van der Waals surface area contributed by atoms with E-state index in [4.69, 9.17) is 17.3 Å². The van der Waals surface area contributed by atoms with E-state index in [-0.39, 0.29) is 5.91 Å². The van der Waals surface area contributed by atoms with Gasteiger partial charge in [0, 0.05) is 0 Å². The number of anilines is 1. The average Bonchev–Trinajstić information content (AvgIpc) is 2.49. The maximum absolute atomic E-state index is 12.0. The van der Waals surface area contributed by atoms with E-state index in [1.165, 1.54) is 11.8 Å². The van der Waals surface area contributed by atoms with E-state index in [1.807, 2.05) is 37.3 Å². The largest absolute Gasteiger partial charge is 0.323 e. The highest BCUT2D eigenvalue weighted by molar-refractivity contribution is 6.30. The molecule has 1 aromatic heterocycles. The number of amides is 1. The van der Waals surface area contributed by atoms with Crippen LogP contribution in [0.15, 0.2) is 42.6 Å². The lowest BCUT2D eigenvalue weighted by Crippen LogP contribution is -2.36. The van der Waals surface area contributed by atoms with Crippen molar-refractivity contribution < 1.29 is 4.79 Å². The molecule has 1 heterocycles. The van der Waals surface area contributed by atoms with Gasteiger partial charge in [-0.3, -0.25) is 4.79 Å². The van der Waals surface area contributed by atoms with Crippen LogP contribution in [0, 0.1) is 6.92 Å². The van der Waals surface area contributed by atoms with E-state index >= 15 is 0 Å². The van der Waals surface area contributed by atoms with Gasteiger partial charge < -0.3 is 11.1 Å². The number of halogens is 1. The SMILES string of the molecule is Cc1cc(NC(=O)C(N)CCc2ccccc2)cnc1Cl. The summed E-state index contributed by atoms with van der Waals surface area (Å²) in [5.74, 6) is -0.213. The Morgan fingerprint density at radius 1 is 1.38 bits per heavy atom. The predicted molar refractivity (Wildman–Crippen MR) is 85.4 cm³/mol. The second-order valence-corrected chi connectivity index (χ2v) is 5.31. The van der Waals surface area contributed by atoms with Crippen LogP contribution in [0.3, 0.4) is 0 Å². The van der Waals surface area contributed by atoms with Crippen LogP contribution < -0.4 is 11.1 Å². The van der Waals surface area contributed by atoms with E-state index in [0.717, 1.165) is 12.0 Å². The molecule has 0 bridgehead atoms. The summed E-state index contributed by atoms with van der Waals surface area (Å²) in [5, 5.41) is 3.19. The highest BCUT2D eigenvalue weighted by atomic mass is 35.5. The third kappa shape index (κ3) is 4.55. The molecule has 0 saturated carbocycles. The molecule has 0 radical (unpaired) electrons. The predicted octanol–water partition coefficient (Wildman–Crippen LogP) is 2.94. The van der Waals surface area contributed by atoms with Crippen molar-refractivity contribution in [3.63, 3.8) is 0 Å². The van der Waals surface area contributed by atoms with Gasteiger partial charge in [0.05, 0.1) is 17.9 Å². The molecule has 5 heteroatoms. The van der Waals surface area contributed by atoms with Crippen LogP contribution in [0.4, 0.5) is 5.69 Å². The van der Waals surface area contributed by atoms with Crippen molar-refractivity contribution in [2.45, 2.75) is 25.8 Å². The smallest absolute Gasteiger partial charge is 0.241 e. The molecule has 0 spiro atoms. The average molecular weight is 304 g/mol. The van der Waals surface area contributed by atoms with Crippen LogP contribution in [0.2, 0.25) is 5.15 Å². The summed E-state index contributed by atoms with van der Waals surface area (Å²) in [6.45, 7) is 1.83. The van der Waals surface area contributed by atoms with Crippen LogP contribution in [-0.2, 0) is 11.2 Å². The molecule has 0 aliphatic carbocycles. The van der Waals surface area contributed by atoms with E-state index < -0.39 is 6.04 Å². The Bertz CT molecular complexity index is 616. The van der Waals surface area contributed by atoms with Gasteiger partial charge in [0.25, 0.3) is 0 Å². The molecule has 0 aliphatic rings. The minimum Gasteiger partial charge on any atom is -0.323 e. The quantitative estimate of drug-likeness (QED) is 0.835. The van der Waals surface area contributed by atoms with Gasteiger partial charge in [-0.25, -0.2) is 4.98 Å². The number of pyridine rings is 1. The molecule has 2 rings (SSSR count). The van der Waals surface area contributed by atoms with Crippen molar-refractivity contribution >= 4 is 23.2 Å². The summed E-state index contributed by atoms with van der Waals surface area (Å²) >= 11 is 5.85. The molecule has 0 fully saturated rings. The van der Waals surface area contributed by atoms with Crippen molar-refractivity contribution in [2.24, 2.45) is 5.73 Å². The molecule has 3 N–H and O–H groups in total. The van der Waals surface area contributed by atoms with Crippen molar-refractivity contribution in [2.75, 3.05) is 5.32 Å². The van der Waals surface area contributed by atoms with Gasteiger partial charge in [0.1, 0.15) is 5.15 Å². The first-order valence-electron chi connectivity index (χ1n) is 6.79. The van der Waals surface area contributed by atoms with Gasteiger partial charge in [0.2, 0.25) is 5.91 Å². The second-order valence-electron chi connectivity index (χ2n) is 4.95. The zero-order valence-electron chi connectivity index (χ0n) is 11.8. The number of nitrogens with one attached hydrogen (secondary N) is 1. The van der Waals surface area contributed by atoms with E-state index in [1.54, 1.807) is 6.07 Å². The molecule has 0 saturated heterocycles. The maximum atomic E-state index is 12.0. The van der Waals surface area contributed by atoms with Crippen LogP contribution in [0.1, 0.15) is 17.5 Å². The fourth-order valence-corrected chi connectivity index (χ4v) is 2.06. The lowest BCUT2D eigenvalue weighted by molar-refractivity contribution is -0.117. The molecule has 1 amide bonds. The highest BCUT2D eigenvalue weighted by Crippen LogP contribution is 2.16. The molecular weight excluding hydrogens is 286 g/mol. The summed E-state index contributed by atoms with van der Waals surface area (Å²) in [6, 6.07) is 11.2. The van der Waals surface area contributed by atoms with Gasteiger partial charge in [-0.2, -0.15) is 0 Å². The summed E-state index contributed by atoms with van der Waals surface area (Å²) in [5.41, 5.74) is 8.51. The normalized spacial score (nSPS) is 12.0. The molecule has 2 aromatic rings. The molecule has 1 aromatic carbocycles. The standard InChI is InChI=1S/C16H18ClN3O/c1-11-9-13(10-19-15(11)17)20-16(21)14(18)8-7-12-5-3-2-4-6-12/h2-6,9-10,14H,7-8,18H2,1H3,(H,20,21). The van der Waals surface area contributed by atoms with Gasteiger partial charge in [0.15, 0.2) is 0 Å². The second kappa shape index (κ2) is 7.20. The van der Waals surface area contributed by atoms with Crippen LogP contribution >= 0.6 is 11.6 Å². The number of carbonyl (C=O) groups excluding carboxylic acids is 1. The first kappa shape index (κ1) is 15.5. The molecule has 110 valence electrons.